The largest absolute Gasteiger partial charge is 0.352 e. The highest BCUT2D eigenvalue weighted by molar-refractivity contribution is 5.86. The zero-order valence-corrected chi connectivity index (χ0v) is 13.5. The smallest absolute Gasteiger partial charge is 0.217 e. The van der Waals surface area contributed by atoms with Crippen molar-refractivity contribution in [2.45, 2.75) is 26.3 Å². The predicted molar refractivity (Wildman–Crippen MR) is 95.4 cm³/mol. The molecule has 0 aliphatic carbocycles. The maximum atomic E-state index is 11.2. The lowest BCUT2D eigenvalue weighted by molar-refractivity contribution is -0.119. The normalized spacial score (nSPS) is 12.1. The third kappa shape index (κ3) is 3.26. The summed E-state index contributed by atoms with van der Waals surface area (Å²) in [6.07, 6.45) is 0. The fourth-order valence-electron chi connectivity index (χ4n) is 3.13. The summed E-state index contributed by atoms with van der Waals surface area (Å²) in [5.74, 6) is 0.267. The number of hydrogen-bond acceptors (Lipinski definition) is 1. The molecule has 1 unspecified atom stereocenters. The SMILES string of the molecule is CC(=O)NCc1ccccc1C(C)c1cccc2ccccc12. The lowest BCUT2D eigenvalue weighted by Gasteiger charge is -2.19. The molecule has 3 aromatic carbocycles. The van der Waals surface area contributed by atoms with Crippen LogP contribution in [-0.4, -0.2) is 5.91 Å². The van der Waals surface area contributed by atoms with Gasteiger partial charge < -0.3 is 5.32 Å². The minimum absolute atomic E-state index is 0.00221. The Bertz CT molecular complexity index is 833. The van der Waals surface area contributed by atoms with Crippen LogP contribution >= 0.6 is 0 Å². The van der Waals surface area contributed by atoms with E-state index in [9.17, 15) is 4.79 Å². The molecule has 0 aliphatic heterocycles. The Morgan fingerprint density at radius 2 is 1.57 bits per heavy atom. The van der Waals surface area contributed by atoms with Gasteiger partial charge >= 0.3 is 0 Å². The molecule has 2 nitrogen and oxygen atoms in total. The van der Waals surface area contributed by atoms with Gasteiger partial charge in [0.1, 0.15) is 0 Å². The van der Waals surface area contributed by atoms with Gasteiger partial charge in [0.15, 0.2) is 0 Å². The Hall–Kier alpha value is -2.61. The molecule has 0 heterocycles. The highest BCUT2D eigenvalue weighted by Crippen LogP contribution is 2.32. The molecule has 1 atom stereocenters. The second-order valence-corrected chi connectivity index (χ2v) is 5.90. The summed E-state index contributed by atoms with van der Waals surface area (Å²) in [5, 5.41) is 5.46. The predicted octanol–water partition coefficient (Wildman–Crippen LogP) is 4.63. The molecule has 3 rings (SSSR count). The molecule has 23 heavy (non-hydrogen) atoms. The van der Waals surface area contributed by atoms with Crippen molar-refractivity contribution in [3.05, 3.63) is 83.4 Å². The van der Waals surface area contributed by atoms with E-state index in [1.807, 2.05) is 6.07 Å². The second-order valence-electron chi connectivity index (χ2n) is 5.90. The first kappa shape index (κ1) is 15.3. The molecule has 0 radical (unpaired) electrons. The average molecular weight is 303 g/mol. The van der Waals surface area contributed by atoms with E-state index in [0.717, 1.165) is 0 Å². The van der Waals surface area contributed by atoms with Crippen molar-refractivity contribution in [2.75, 3.05) is 0 Å². The van der Waals surface area contributed by atoms with Crippen molar-refractivity contribution in [1.29, 1.82) is 0 Å². The number of hydrogen-bond donors (Lipinski definition) is 1. The number of benzene rings is 3. The summed E-state index contributed by atoms with van der Waals surface area (Å²) in [5.41, 5.74) is 3.75. The topological polar surface area (TPSA) is 29.1 Å². The summed E-state index contributed by atoms with van der Waals surface area (Å²) in [7, 11) is 0. The van der Waals surface area contributed by atoms with Gasteiger partial charge in [-0.25, -0.2) is 0 Å². The molecule has 0 aromatic heterocycles. The lowest BCUT2D eigenvalue weighted by atomic mass is 9.87. The molecule has 3 aromatic rings. The minimum Gasteiger partial charge on any atom is -0.352 e. The van der Waals surface area contributed by atoms with Crippen LogP contribution in [0.5, 0.6) is 0 Å². The van der Waals surface area contributed by atoms with E-state index in [4.69, 9.17) is 0 Å². The summed E-state index contributed by atoms with van der Waals surface area (Å²) < 4.78 is 0. The van der Waals surface area contributed by atoms with Crippen molar-refractivity contribution >= 4 is 16.7 Å². The van der Waals surface area contributed by atoms with Crippen LogP contribution in [0.25, 0.3) is 10.8 Å². The number of carbonyl (C=O) groups is 1. The van der Waals surface area contributed by atoms with E-state index in [1.54, 1.807) is 6.92 Å². The molecule has 116 valence electrons. The second kappa shape index (κ2) is 6.66. The Labute approximate surface area is 137 Å². The monoisotopic (exact) mass is 303 g/mol. The van der Waals surface area contributed by atoms with E-state index >= 15 is 0 Å². The fraction of sp³-hybridized carbons (Fsp3) is 0.190. The molecule has 0 bridgehead atoms. The third-order valence-electron chi connectivity index (χ3n) is 4.34. The summed E-state index contributed by atoms with van der Waals surface area (Å²) >= 11 is 0. The molecule has 0 saturated heterocycles. The average Bonchev–Trinajstić information content (AvgIpc) is 2.59. The molecule has 0 saturated carbocycles. The van der Waals surface area contributed by atoms with Gasteiger partial charge in [0, 0.05) is 19.4 Å². The van der Waals surface area contributed by atoms with E-state index in [-0.39, 0.29) is 11.8 Å². The van der Waals surface area contributed by atoms with E-state index in [0.29, 0.717) is 6.54 Å². The number of amides is 1. The van der Waals surface area contributed by atoms with E-state index in [1.165, 1.54) is 27.5 Å². The zero-order chi connectivity index (χ0) is 16.2. The quantitative estimate of drug-likeness (QED) is 0.748. The summed E-state index contributed by atoms with van der Waals surface area (Å²) in [6, 6.07) is 23.3. The molecule has 0 spiro atoms. The molecular weight excluding hydrogens is 282 g/mol. The van der Waals surface area contributed by atoms with Gasteiger partial charge in [-0.2, -0.15) is 0 Å². The summed E-state index contributed by atoms with van der Waals surface area (Å²) in [4.78, 5) is 11.2. The van der Waals surface area contributed by atoms with Crippen molar-refractivity contribution in [2.24, 2.45) is 0 Å². The summed E-state index contributed by atoms with van der Waals surface area (Å²) in [6.45, 7) is 4.35. The number of nitrogens with one attached hydrogen (secondary N) is 1. The Kier molecular flexibility index (Phi) is 4.42. The van der Waals surface area contributed by atoms with Crippen molar-refractivity contribution in [3.8, 4) is 0 Å². The van der Waals surface area contributed by atoms with Gasteiger partial charge in [0.25, 0.3) is 0 Å². The van der Waals surface area contributed by atoms with Crippen LogP contribution in [0.4, 0.5) is 0 Å². The lowest BCUT2D eigenvalue weighted by Crippen LogP contribution is -2.20. The molecule has 2 heteroatoms. The first-order chi connectivity index (χ1) is 11.2. The first-order valence-corrected chi connectivity index (χ1v) is 7.96. The van der Waals surface area contributed by atoms with Crippen LogP contribution in [0.15, 0.2) is 66.7 Å². The van der Waals surface area contributed by atoms with Gasteiger partial charge in [-0.1, -0.05) is 73.7 Å². The van der Waals surface area contributed by atoms with Crippen LogP contribution in [0, 0.1) is 0 Å². The van der Waals surface area contributed by atoms with Crippen LogP contribution < -0.4 is 5.32 Å². The molecule has 1 N–H and O–H groups in total. The Balaban J connectivity index is 2.02. The van der Waals surface area contributed by atoms with Crippen LogP contribution in [0.1, 0.15) is 36.5 Å². The third-order valence-corrected chi connectivity index (χ3v) is 4.34. The highest BCUT2D eigenvalue weighted by atomic mass is 16.1. The Morgan fingerprint density at radius 3 is 2.39 bits per heavy atom. The molecule has 0 fully saturated rings. The fourth-order valence-corrected chi connectivity index (χ4v) is 3.13. The van der Waals surface area contributed by atoms with Gasteiger partial charge in [-0.3, -0.25) is 4.79 Å². The number of fused-ring (bicyclic) bond motifs is 1. The van der Waals surface area contributed by atoms with Crippen LogP contribution in [0.2, 0.25) is 0 Å². The van der Waals surface area contributed by atoms with Gasteiger partial charge in [0.05, 0.1) is 0 Å². The van der Waals surface area contributed by atoms with Crippen LogP contribution in [-0.2, 0) is 11.3 Å². The maximum Gasteiger partial charge on any atom is 0.217 e. The maximum absolute atomic E-state index is 11.2. The van der Waals surface area contributed by atoms with Gasteiger partial charge in [-0.05, 0) is 27.5 Å². The number of rotatable bonds is 4. The van der Waals surface area contributed by atoms with Gasteiger partial charge in [-0.15, -0.1) is 0 Å². The van der Waals surface area contributed by atoms with Crippen molar-refractivity contribution in [3.63, 3.8) is 0 Å². The van der Waals surface area contributed by atoms with E-state index < -0.39 is 0 Å². The Morgan fingerprint density at radius 1 is 0.913 bits per heavy atom. The molecule has 1 amide bonds. The van der Waals surface area contributed by atoms with E-state index in [2.05, 4.69) is 72.9 Å². The number of carbonyl (C=O) groups excluding carboxylic acids is 1. The van der Waals surface area contributed by atoms with Gasteiger partial charge in [0.2, 0.25) is 5.91 Å². The minimum atomic E-state index is -0.00221. The van der Waals surface area contributed by atoms with Crippen molar-refractivity contribution < 1.29 is 4.79 Å². The molecule has 0 aliphatic rings. The highest BCUT2D eigenvalue weighted by Gasteiger charge is 2.14. The standard InChI is InChI=1S/C21H21NO/c1-15(19-11-5-4-9-18(19)14-22-16(2)23)20-13-7-10-17-8-3-6-12-21(17)20/h3-13,15H,14H2,1-2H3,(H,22,23). The van der Waals surface area contributed by atoms with Crippen LogP contribution in [0.3, 0.4) is 0 Å². The van der Waals surface area contributed by atoms with Crippen molar-refractivity contribution in [1.82, 2.24) is 5.32 Å². The molecular formula is C21H21NO. The zero-order valence-electron chi connectivity index (χ0n) is 13.5. The first-order valence-electron chi connectivity index (χ1n) is 7.96.